The highest BCUT2D eigenvalue weighted by molar-refractivity contribution is 7.20. The molecule has 0 spiro atoms. The Balaban J connectivity index is 1.59. The topological polar surface area (TPSA) is 67.2 Å². The Morgan fingerprint density at radius 3 is 2.37 bits per heavy atom. The second kappa shape index (κ2) is 7.72. The lowest BCUT2D eigenvalue weighted by Gasteiger charge is -2.10. The van der Waals surface area contributed by atoms with Crippen LogP contribution in [0.1, 0.15) is 25.7 Å². The SMILES string of the molecule is Cc1nn(-c2ccc(F)cc2)c2sc(C(=O)Nc3ccc(C(=O)N(C)C)cc3)cc12. The number of aromatic nitrogens is 2. The molecule has 4 rings (SSSR count). The van der Waals surface area contributed by atoms with Gasteiger partial charge in [0, 0.05) is 30.7 Å². The van der Waals surface area contributed by atoms with Gasteiger partial charge in [-0.15, -0.1) is 11.3 Å². The summed E-state index contributed by atoms with van der Waals surface area (Å²) in [6.07, 6.45) is 0. The Morgan fingerprint density at radius 1 is 1.07 bits per heavy atom. The number of thiophene rings is 1. The number of carbonyl (C=O) groups is 2. The third kappa shape index (κ3) is 3.69. The first-order valence-electron chi connectivity index (χ1n) is 9.21. The molecule has 0 bridgehead atoms. The van der Waals surface area contributed by atoms with Crippen molar-refractivity contribution in [2.24, 2.45) is 0 Å². The molecule has 0 radical (unpaired) electrons. The number of nitrogens with zero attached hydrogens (tertiary/aromatic N) is 3. The zero-order chi connectivity index (χ0) is 21.4. The summed E-state index contributed by atoms with van der Waals surface area (Å²) in [4.78, 5) is 27.6. The van der Waals surface area contributed by atoms with Crippen LogP contribution < -0.4 is 5.32 Å². The molecule has 0 saturated carbocycles. The normalized spacial score (nSPS) is 10.9. The van der Waals surface area contributed by atoms with E-state index in [2.05, 4.69) is 10.4 Å². The Hall–Kier alpha value is -3.52. The summed E-state index contributed by atoms with van der Waals surface area (Å²) < 4.78 is 15.0. The molecule has 0 saturated heterocycles. The zero-order valence-corrected chi connectivity index (χ0v) is 17.5. The van der Waals surface area contributed by atoms with Crippen molar-refractivity contribution in [1.29, 1.82) is 0 Å². The summed E-state index contributed by atoms with van der Waals surface area (Å²) in [7, 11) is 3.38. The number of amides is 2. The fourth-order valence-electron chi connectivity index (χ4n) is 3.06. The van der Waals surface area contributed by atoms with Gasteiger partial charge in [0.2, 0.25) is 0 Å². The number of benzene rings is 2. The summed E-state index contributed by atoms with van der Waals surface area (Å²) in [6.45, 7) is 1.87. The fourth-order valence-corrected chi connectivity index (χ4v) is 4.14. The van der Waals surface area contributed by atoms with E-state index in [1.54, 1.807) is 55.2 Å². The first-order valence-corrected chi connectivity index (χ1v) is 10.0. The van der Waals surface area contributed by atoms with Gasteiger partial charge in [-0.05, 0) is 61.5 Å². The molecule has 152 valence electrons. The molecule has 1 N–H and O–H groups in total. The molecule has 2 heterocycles. The number of fused-ring (bicyclic) bond motifs is 1. The molecular formula is C22H19FN4O2S. The first-order chi connectivity index (χ1) is 14.3. The van der Waals surface area contributed by atoms with Crippen LogP contribution >= 0.6 is 11.3 Å². The van der Waals surface area contributed by atoms with Gasteiger partial charge in [0.05, 0.1) is 16.3 Å². The molecule has 0 aliphatic rings. The van der Waals surface area contributed by atoms with Crippen LogP contribution in [0.3, 0.4) is 0 Å². The van der Waals surface area contributed by atoms with Crippen LogP contribution in [-0.2, 0) is 0 Å². The predicted octanol–water partition coefficient (Wildman–Crippen LogP) is 4.49. The smallest absolute Gasteiger partial charge is 0.265 e. The van der Waals surface area contributed by atoms with Crippen molar-refractivity contribution < 1.29 is 14.0 Å². The lowest BCUT2D eigenvalue weighted by molar-refractivity contribution is 0.0827. The van der Waals surface area contributed by atoms with Crippen LogP contribution in [0, 0.1) is 12.7 Å². The van der Waals surface area contributed by atoms with E-state index in [4.69, 9.17) is 0 Å². The average molecular weight is 422 g/mol. The fraction of sp³-hybridized carbons (Fsp3) is 0.136. The quantitative estimate of drug-likeness (QED) is 0.527. The minimum atomic E-state index is -0.316. The van der Waals surface area contributed by atoms with Crippen LogP contribution in [0.25, 0.3) is 15.9 Å². The highest BCUT2D eigenvalue weighted by Crippen LogP contribution is 2.31. The number of hydrogen-bond acceptors (Lipinski definition) is 4. The van der Waals surface area contributed by atoms with E-state index in [1.165, 1.54) is 28.4 Å². The Kier molecular flexibility index (Phi) is 5.09. The third-order valence-corrected chi connectivity index (χ3v) is 5.74. The maximum absolute atomic E-state index is 13.2. The van der Waals surface area contributed by atoms with Crippen molar-refractivity contribution >= 4 is 39.1 Å². The number of carbonyl (C=O) groups excluding carboxylic acids is 2. The summed E-state index contributed by atoms with van der Waals surface area (Å²) in [5.41, 5.74) is 2.67. The number of rotatable bonds is 4. The minimum absolute atomic E-state index is 0.0989. The molecule has 2 aromatic carbocycles. The molecule has 0 fully saturated rings. The van der Waals surface area contributed by atoms with Crippen LogP contribution in [0.2, 0.25) is 0 Å². The average Bonchev–Trinajstić information content (AvgIpc) is 3.29. The number of hydrogen-bond donors (Lipinski definition) is 1. The van der Waals surface area contributed by atoms with E-state index in [-0.39, 0.29) is 17.6 Å². The maximum atomic E-state index is 13.2. The molecule has 0 atom stereocenters. The van der Waals surface area contributed by atoms with Crippen LogP contribution in [-0.4, -0.2) is 40.6 Å². The van der Waals surface area contributed by atoms with Crippen LogP contribution in [0.5, 0.6) is 0 Å². The monoisotopic (exact) mass is 422 g/mol. The summed E-state index contributed by atoms with van der Waals surface area (Å²) in [6, 6.07) is 14.6. The van der Waals surface area contributed by atoms with Gasteiger partial charge in [0.15, 0.2) is 0 Å². The maximum Gasteiger partial charge on any atom is 0.265 e. The van der Waals surface area contributed by atoms with Crippen molar-refractivity contribution in [1.82, 2.24) is 14.7 Å². The zero-order valence-electron chi connectivity index (χ0n) is 16.6. The lowest BCUT2D eigenvalue weighted by Crippen LogP contribution is -2.21. The van der Waals surface area contributed by atoms with Crippen molar-refractivity contribution in [2.45, 2.75) is 6.92 Å². The van der Waals surface area contributed by atoms with Gasteiger partial charge >= 0.3 is 0 Å². The van der Waals surface area contributed by atoms with E-state index in [0.29, 0.717) is 16.1 Å². The molecule has 30 heavy (non-hydrogen) atoms. The molecular weight excluding hydrogens is 403 g/mol. The second-order valence-corrected chi connectivity index (χ2v) is 8.06. The molecule has 4 aromatic rings. The first kappa shape index (κ1) is 19.8. The summed E-state index contributed by atoms with van der Waals surface area (Å²) in [5, 5.41) is 8.25. The third-order valence-electron chi connectivity index (χ3n) is 4.64. The van der Waals surface area contributed by atoms with Gasteiger partial charge in [-0.25, -0.2) is 9.07 Å². The standard InChI is InChI=1S/C22H19FN4O2S/c1-13-18-12-19(30-22(18)27(25-13)17-10-6-15(23)7-11-17)20(28)24-16-8-4-14(5-9-16)21(29)26(2)3/h4-12H,1-3H3,(H,24,28). The lowest BCUT2D eigenvalue weighted by atomic mass is 10.2. The largest absolute Gasteiger partial charge is 0.345 e. The van der Waals surface area contributed by atoms with Gasteiger partial charge in [-0.2, -0.15) is 5.10 Å². The molecule has 6 nitrogen and oxygen atoms in total. The summed E-state index contributed by atoms with van der Waals surface area (Å²) >= 11 is 1.32. The van der Waals surface area contributed by atoms with E-state index < -0.39 is 0 Å². The predicted molar refractivity (Wildman–Crippen MR) is 116 cm³/mol. The van der Waals surface area contributed by atoms with E-state index >= 15 is 0 Å². The highest BCUT2D eigenvalue weighted by Gasteiger charge is 2.17. The molecule has 0 aliphatic heterocycles. The molecule has 8 heteroatoms. The summed E-state index contributed by atoms with van der Waals surface area (Å²) in [5.74, 6) is -0.658. The van der Waals surface area contributed by atoms with Crippen molar-refractivity contribution in [3.8, 4) is 5.69 Å². The highest BCUT2D eigenvalue weighted by atomic mass is 32.1. The van der Waals surface area contributed by atoms with Crippen LogP contribution in [0.4, 0.5) is 10.1 Å². The van der Waals surface area contributed by atoms with E-state index in [0.717, 1.165) is 21.6 Å². The molecule has 0 aliphatic carbocycles. The second-order valence-electron chi connectivity index (χ2n) is 7.03. The molecule has 2 aromatic heterocycles. The number of anilines is 1. The Labute approximate surface area is 176 Å². The van der Waals surface area contributed by atoms with Gasteiger partial charge in [-0.3, -0.25) is 9.59 Å². The van der Waals surface area contributed by atoms with Gasteiger partial charge < -0.3 is 10.2 Å². The Morgan fingerprint density at radius 2 is 1.73 bits per heavy atom. The van der Waals surface area contributed by atoms with Gasteiger partial charge in [0.25, 0.3) is 11.8 Å². The van der Waals surface area contributed by atoms with Crippen LogP contribution in [0.15, 0.2) is 54.6 Å². The van der Waals surface area contributed by atoms with Gasteiger partial charge in [-0.1, -0.05) is 0 Å². The number of nitrogens with one attached hydrogen (secondary N) is 1. The van der Waals surface area contributed by atoms with Gasteiger partial charge in [0.1, 0.15) is 10.6 Å². The van der Waals surface area contributed by atoms with Crippen molar-refractivity contribution in [3.05, 3.63) is 76.5 Å². The molecule has 0 unspecified atom stereocenters. The number of aryl methyl sites for hydroxylation is 1. The van der Waals surface area contributed by atoms with Crippen molar-refractivity contribution in [3.63, 3.8) is 0 Å². The van der Waals surface area contributed by atoms with E-state index in [1.807, 2.05) is 13.0 Å². The van der Waals surface area contributed by atoms with Crippen molar-refractivity contribution in [2.75, 3.05) is 19.4 Å². The van der Waals surface area contributed by atoms with E-state index in [9.17, 15) is 14.0 Å². The Bertz CT molecular complexity index is 1240. The minimum Gasteiger partial charge on any atom is -0.345 e. The molecule has 2 amide bonds. The number of halogens is 1.